The summed E-state index contributed by atoms with van der Waals surface area (Å²) in [5.41, 5.74) is 0. The topological polar surface area (TPSA) is 46.9 Å². The van der Waals surface area contributed by atoms with Crippen molar-refractivity contribution in [1.29, 1.82) is 0 Å². The molecule has 2 fully saturated rings. The van der Waals surface area contributed by atoms with Crippen LogP contribution in [0.5, 0.6) is 0 Å². The SMILES string of the molecule is O=S1CCC(n2ccnc2NC2CCCC2)CC1. The van der Waals surface area contributed by atoms with Crippen molar-refractivity contribution in [3.05, 3.63) is 12.4 Å². The lowest BCUT2D eigenvalue weighted by molar-refractivity contribution is 0.464. The molecule has 0 bridgehead atoms. The van der Waals surface area contributed by atoms with Crippen molar-refractivity contribution in [2.75, 3.05) is 16.8 Å². The van der Waals surface area contributed by atoms with E-state index in [9.17, 15) is 4.21 Å². The molecule has 1 saturated heterocycles. The van der Waals surface area contributed by atoms with E-state index in [0.29, 0.717) is 12.1 Å². The number of rotatable bonds is 3. The third kappa shape index (κ3) is 2.60. The lowest BCUT2D eigenvalue weighted by Gasteiger charge is -2.25. The van der Waals surface area contributed by atoms with E-state index in [-0.39, 0.29) is 0 Å². The van der Waals surface area contributed by atoms with E-state index in [1.165, 1.54) is 25.7 Å². The zero-order chi connectivity index (χ0) is 12.4. The van der Waals surface area contributed by atoms with Gasteiger partial charge in [-0.2, -0.15) is 0 Å². The number of hydrogen-bond donors (Lipinski definition) is 1. The minimum absolute atomic E-state index is 0.481. The molecule has 1 saturated carbocycles. The first-order chi connectivity index (χ1) is 8.83. The quantitative estimate of drug-likeness (QED) is 0.914. The molecule has 18 heavy (non-hydrogen) atoms. The molecule has 0 spiro atoms. The third-order valence-electron chi connectivity index (χ3n) is 4.11. The Kier molecular flexibility index (Phi) is 3.68. The van der Waals surface area contributed by atoms with Gasteiger partial charge in [0, 0.05) is 46.8 Å². The molecule has 1 aromatic rings. The highest BCUT2D eigenvalue weighted by atomic mass is 32.2. The highest BCUT2D eigenvalue weighted by Crippen LogP contribution is 2.27. The minimum atomic E-state index is -0.587. The molecule has 2 aliphatic rings. The molecule has 4 nitrogen and oxygen atoms in total. The van der Waals surface area contributed by atoms with Crippen LogP contribution in [0.15, 0.2) is 12.4 Å². The fourth-order valence-electron chi connectivity index (χ4n) is 3.03. The van der Waals surface area contributed by atoms with Gasteiger partial charge in [-0.1, -0.05) is 12.8 Å². The average Bonchev–Trinajstić information content (AvgIpc) is 3.02. The Bertz CT molecular complexity index is 416. The highest BCUT2D eigenvalue weighted by molar-refractivity contribution is 7.85. The number of aromatic nitrogens is 2. The zero-order valence-corrected chi connectivity index (χ0v) is 11.5. The molecular formula is C13H21N3OS. The molecule has 3 rings (SSSR count). The maximum absolute atomic E-state index is 11.4. The van der Waals surface area contributed by atoms with Crippen molar-refractivity contribution in [3.8, 4) is 0 Å². The lowest BCUT2D eigenvalue weighted by atomic mass is 10.1. The van der Waals surface area contributed by atoms with Gasteiger partial charge in [0.05, 0.1) is 0 Å². The van der Waals surface area contributed by atoms with E-state index >= 15 is 0 Å². The van der Waals surface area contributed by atoms with Gasteiger partial charge in [-0.3, -0.25) is 4.21 Å². The zero-order valence-electron chi connectivity index (χ0n) is 10.7. The van der Waals surface area contributed by atoms with Crippen LogP contribution in [0.3, 0.4) is 0 Å². The Labute approximate surface area is 111 Å². The second-order valence-electron chi connectivity index (χ2n) is 5.36. The van der Waals surface area contributed by atoms with E-state index in [1.807, 2.05) is 6.20 Å². The summed E-state index contributed by atoms with van der Waals surface area (Å²) in [5, 5.41) is 3.57. The van der Waals surface area contributed by atoms with Gasteiger partial charge in [-0.25, -0.2) is 4.98 Å². The van der Waals surface area contributed by atoms with Crippen LogP contribution in [-0.4, -0.2) is 31.3 Å². The van der Waals surface area contributed by atoms with Crippen LogP contribution >= 0.6 is 0 Å². The summed E-state index contributed by atoms with van der Waals surface area (Å²) in [4.78, 5) is 4.45. The van der Waals surface area contributed by atoms with Gasteiger partial charge in [0.15, 0.2) is 0 Å². The van der Waals surface area contributed by atoms with Crippen molar-refractivity contribution in [2.24, 2.45) is 0 Å². The number of anilines is 1. The Morgan fingerprint density at radius 2 is 1.94 bits per heavy atom. The van der Waals surface area contributed by atoms with Crippen LogP contribution in [0, 0.1) is 0 Å². The van der Waals surface area contributed by atoms with Crippen molar-refractivity contribution < 1.29 is 4.21 Å². The fraction of sp³-hybridized carbons (Fsp3) is 0.769. The molecule has 0 amide bonds. The molecule has 100 valence electrons. The summed E-state index contributed by atoms with van der Waals surface area (Å²) in [6, 6.07) is 1.08. The van der Waals surface area contributed by atoms with Gasteiger partial charge < -0.3 is 9.88 Å². The Morgan fingerprint density at radius 3 is 2.67 bits per heavy atom. The standard InChI is InChI=1S/C13H21N3OS/c17-18-9-5-12(6-10-18)16-8-7-14-13(16)15-11-3-1-2-4-11/h7-8,11-12H,1-6,9-10H2,(H,14,15). The number of hydrogen-bond acceptors (Lipinski definition) is 3. The van der Waals surface area contributed by atoms with Crippen molar-refractivity contribution in [1.82, 2.24) is 9.55 Å². The van der Waals surface area contributed by atoms with Crippen LogP contribution in [0.2, 0.25) is 0 Å². The monoisotopic (exact) mass is 267 g/mol. The molecular weight excluding hydrogens is 246 g/mol. The maximum Gasteiger partial charge on any atom is 0.203 e. The van der Waals surface area contributed by atoms with Gasteiger partial charge in [-0.15, -0.1) is 0 Å². The van der Waals surface area contributed by atoms with Crippen molar-refractivity contribution >= 4 is 16.7 Å². The molecule has 0 atom stereocenters. The first-order valence-corrected chi connectivity index (χ1v) is 8.46. The first kappa shape index (κ1) is 12.2. The number of nitrogens with zero attached hydrogens (tertiary/aromatic N) is 2. The van der Waals surface area contributed by atoms with E-state index in [2.05, 4.69) is 21.1 Å². The molecule has 1 aromatic heterocycles. The van der Waals surface area contributed by atoms with E-state index < -0.39 is 10.8 Å². The normalized spacial score (nSPS) is 29.6. The van der Waals surface area contributed by atoms with Crippen LogP contribution < -0.4 is 5.32 Å². The molecule has 0 radical (unpaired) electrons. The number of imidazole rings is 1. The highest BCUT2D eigenvalue weighted by Gasteiger charge is 2.23. The van der Waals surface area contributed by atoms with E-state index in [4.69, 9.17) is 0 Å². The van der Waals surface area contributed by atoms with Gasteiger partial charge in [0.1, 0.15) is 0 Å². The summed E-state index contributed by atoms with van der Waals surface area (Å²) < 4.78 is 13.7. The summed E-state index contributed by atoms with van der Waals surface area (Å²) >= 11 is 0. The molecule has 2 heterocycles. The summed E-state index contributed by atoms with van der Waals surface area (Å²) in [7, 11) is -0.587. The summed E-state index contributed by atoms with van der Waals surface area (Å²) in [5.74, 6) is 2.69. The Balaban J connectivity index is 1.68. The summed E-state index contributed by atoms with van der Waals surface area (Å²) in [6.07, 6.45) is 11.2. The van der Waals surface area contributed by atoms with Gasteiger partial charge in [-0.05, 0) is 25.7 Å². The van der Waals surface area contributed by atoms with E-state index in [0.717, 1.165) is 30.3 Å². The van der Waals surface area contributed by atoms with Crippen LogP contribution in [0.1, 0.15) is 44.6 Å². The van der Waals surface area contributed by atoms with Gasteiger partial charge in [0.25, 0.3) is 0 Å². The van der Waals surface area contributed by atoms with Crippen LogP contribution in [0.4, 0.5) is 5.95 Å². The average molecular weight is 267 g/mol. The minimum Gasteiger partial charge on any atom is -0.353 e. The Morgan fingerprint density at radius 1 is 1.22 bits per heavy atom. The largest absolute Gasteiger partial charge is 0.353 e. The molecule has 0 unspecified atom stereocenters. The van der Waals surface area contributed by atoms with Crippen LogP contribution in [0.25, 0.3) is 0 Å². The van der Waals surface area contributed by atoms with Crippen LogP contribution in [-0.2, 0) is 10.8 Å². The maximum atomic E-state index is 11.4. The van der Waals surface area contributed by atoms with Gasteiger partial charge in [0.2, 0.25) is 5.95 Å². The van der Waals surface area contributed by atoms with Crippen molar-refractivity contribution in [2.45, 2.75) is 50.6 Å². The lowest BCUT2D eigenvalue weighted by Crippen LogP contribution is -2.24. The molecule has 1 aliphatic carbocycles. The molecule has 0 aromatic carbocycles. The fourth-order valence-corrected chi connectivity index (χ4v) is 4.31. The third-order valence-corrected chi connectivity index (χ3v) is 5.49. The number of nitrogens with one attached hydrogen (secondary N) is 1. The predicted molar refractivity (Wildman–Crippen MR) is 74.3 cm³/mol. The summed E-state index contributed by atoms with van der Waals surface area (Å²) in [6.45, 7) is 0. The molecule has 5 heteroatoms. The van der Waals surface area contributed by atoms with E-state index in [1.54, 1.807) is 0 Å². The second kappa shape index (κ2) is 5.43. The predicted octanol–water partition coefficient (Wildman–Crippen LogP) is 2.32. The molecule has 1 N–H and O–H groups in total. The second-order valence-corrected chi connectivity index (χ2v) is 7.06. The van der Waals surface area contributed by atoms with Gasteiger partial charge >= 0.3 is 0 Å². The first-order valence-electron chi connectivity index (χ1n) is 6.97. The molecule has 1 aliphatic heterocycles. The Hall–Kier alpha value is -0.840. The van der Waals surface area contributed by atoms with Crippen molar-refractivity contribution in [3.63, 3.8) is 0 Å². The smallest absolute Gasteiger partial charge is 0.203 e.